The highest BCUT2D eigenvalue weighted by atomic mass is 19.1. The Bertz CT molecular complexity index is 1410. The van der Waals surface area contributed by atoms with E-state index in [0.29, 0.717) is 28.1 Å². The lowest BCUT2D eigenvalue weighted by molar-refractivity contribution is -0.137. The molecule has 1 atom stereocenters. The van der Waals surface area contributed by atoms with Gasteiger partial charge in [0.25, 0.3) is 0 Å². The van der Waals surface area contributed by atoms with Crippen LogP contribution >= 0.6 is 0 Å². The maximum atomic E-state index is 14.0. The molecule has 6 heteroatoms. The van der Waals surface area contributed by atoms with E-state index in [4.69, 9.17) is 0 Å². The minimum Gasteiger partial charge on any atom is -0.480 e. The van der Waals surface area contributed by atoms with Gasteiger partial charge in [-0.25, -0.2) is 9.37 Å². The third kappa shape index (κ3) is 4.46. The van der Waals surface area contributed by atoms with Gasteiger partial charge in [0.2, 0.25) is 0 Å². The molecule has 1 heterocycles. The number of benzene rings is 3. The predicted octanol–water partition coefficient (Wildman–Crippen LogP) is 6.59. The topological polar surface area (TPSA) is 86.0 Å². The van der Waals surface area contributed by atoms with Gasteiger partial charge in [0.05, 0.1) is 16.9 Å². The molecule has 1 aromatic heterocycles. The molecule has 0 aliphatic heterocycles. The zero-order valence-electron chi connectivity index (χ0n) is 19.1. The van der Waals surface area contributed by atoms with E-state index in [1.165, 1.54) is 30.7 Å². The van der Waals surface area contributed by atoms with E-state index in [2.05, 4.69) is 54.5 Å². The van der Waals surface area contributed by atoms with Crippen LogP contribution in [-0.2, 0) is 4.79 Å². The lowest BCUT2D eigenvalue weighted by Gasteiger charge is -2.17. The van der Waals surface area contributed by atoms with Crippen LogP contribution in [-0.4, -0.2) is 22.1 Å². The number of nitrogens with one attached hydrogen (secondary N) is 1. The van der Waals surface area contributed by atoms with E-state index in [1.54, 1.807) is 0 Å². The fourth-order valence-electron chi connectivity index (χ4n) is 3.86. The van der Waals surface area contributed by atoms with Crippen molar-refractivity contribution in [2.45, 2.75) is 32.7 Å². The number of rotatable bonds is 6. The standard InChI is InChI=1S/C28H24FN3O2/c1-16(2)18-4-6-19(7-5-18)20-8-10-21(11-9-20)26-24(15-30)27(31-17(3)28(33)34)23-14-22(29)12-13-25(23)32-26/h4-14,16-17H,1-3H3,(H,31,32)(H,33,34). The van der Waals surface area contributed by atoms with Gasteiger partial charge in [0.15, 0.2) is 0 Å². The van der Waals surface area contributed by atoms with Crippen LogP contribution in [0.2, 0.25) is 0 Å². The summed E-state index contributed by atoms with van der Waals surface area (Å²) in [7, 11) is 0. The molecule has 0 radical (unpaired) electrons. The van der Waals surface area contributed by atoms with Gasteiger partial charge in [-0.1, -0.05) is 62.4 Å². The Morgan fingerprint density at radius 1 is 0.971 bits per heavy atom. The molecule has 0 amide bonds. The van der Waals surface area contributed by atoms with E-state index in [9.17, 15) is 19.6 Å². The minimum atomic E-state index is -1.08. The molecule has 0 saturated carbocycles. The first kappa shape index (κ1) is 22.9. The normalized spacial score (nSPS) is 11.9. The summed E-state index contributed by atoms with van der Waals surface area (Å²) in [6, 6.07) is 21.3. The molecule has 5 nitrogen and oxygen atoms in total. The fraction of sp³-hybridized carbons (Fsp3) is 0.179. The van der Waals surface area contributed by atoms with Gasteiger partial charge in [-0.05, 0) is 47.7 Å². The molecule has 170 valence electrons. The lowest BCUT2D eigenvalue weighted by Crippen LogP contribution is -2.26. The molecular weight excluding hydrogens is 429 g/mol. The summed E-state index contributed by atoms with van der Waals surface area (Å²) in [5.41, 5.74) is 5.37. The Morgan fingerprint density at radius 3 is 2.12 bits per heavy atom. The average Bonchev–Trinajstić information content (AvgIpc) is 2.84. The van der Waals surface area contributed by atoms with Crippen molar-refractivity contribution < 1.29 is 14.3 Å². The first-order valence-corrected chi connectivity index (χ1v) is 11.0. The second-order valence-electron chi connectivity index (χ2n) is 8.54. The largest absolute Gasteiger partial charge is 0.480 e. The molecule has 0 spiro atoms. The van der Waals surface area contributed by atoms with Crippen molar-refractivity contribution in [3.05, 3.63) is 83.7 Å². The molecule has 34 heavy (non-hydrogen) atoms. The number of hydrogen-bond acceptors (Lipinski definition) is 4. The number of nitrogens with zero attached hydrogens (tertiary/aromatic N) is 2. The second kappa shape index (κ2) is 9.32. The first-order chi connectivity index (χ1) is 16.3. The monoisotopic (exact) mass is 453 g/mol. The number of aliphatic carboxylic acids is 1. The highest BCUT2D eigenvalue weighted by molar-refractivity contribution is 5.99. The zero-order valence-corrected chi connectivity index (χ0v) is 19.1. The van der Waals surface area contributed by atoms with Gasteiger partial charge in [0.1, 0.15) is 23.5 Å². The average molecular weight is 454 g/mol. The van der Waals surface area contributed by atoms with Crippen molar-refractivity contribution in [3.8, 4) is 28.5 Å². The molecule has 4 aromatic rings. The van der Waals surface area contributed by atoms with Gasteiger partial charge >= 0.3 is 5.97 Å². The van der Waals surface area contributed by atoms with Crippen LogP contribution in [0.3, 0.4) is 0 Å². The number of aromatic nitrogens is 1. The highest BCUT2D eigenvalue weighted by Gasteiger charge is 2.21. The van der Waals surface area contributed by atoms with Crippen molar-refractivity contribution in [2.24, 2.45) is 0 Å². The SMILES string of the molecule is CC(Nc1c(C#N)c(-c2ccc(-c3ccc(C(C)C)cc3)cc2)nc2ccc(F)cc12)C(=O)O. The van der Waals surface area contributed by atoms with E-state index >= 15 is 0 Å². The lowest BCUT2D eigenvalue weighted by atomic mass is 9.96. The number of carboxylic acid groups (broad SMARTS) is 1. The van der Waals surface area contributed by atoms with Gasteiger partial charge in [-0.15, -0.1) is 0 Å². The van der Waals surface area contributed by atoms with Gasteiger partial charge in [-0.3, -0.25) is 4.79 Å². The molecule has 2 N–H and O–H groups in total. The minimum absolute atomic E-state index is 0.167. The molecule has 0 fully saturated rings. The second-order valence-corrected chi connectivity index (χ2v) is 8.54. The van der Waals surface area contributed by atoms with Crippen LogP contribution in [0, 0.1) is 17.1 Å². The molecule has 1 unspecified atom stereocenters. The van der Waals surface area contributed by atoms with Crippen molar-refractivity contribution in [3.63, 3.8) is 0 Å². The summed E-state index contributed by atoms with van der Waals surface area (Å²) in [6.07, 6.45) is 0. The van der Waals surface area contributed by atoms with E-state index in [0.717, 1.165) is 11.1 Å². The maximum absolute atomic E-state index is 14.0. The fourth-order valence-corrected chi connectivity index (χ4v) is 3.86. The molecule has 3 aromatic carbocycles. The van der Waals surface area contributed by atoms with E-state index in [-0.39, 0.29) is 11.3 Å². The number of fused-ring (bicyclic) bond motifs is 1. The molecule has 0 aliphatic carbocycles. The van der Waals surface area contributed by atoms with Crippen molar-refractivity contribution in [1.29, 1.82) is 5.26 Å². The molecule has 4 rings (SSSR count). The Labute approximate surface area is 197 Å². The summed E-state index contributed by atoms with van der Waals surface area (Å²) in [4.78, 5) is 16.1. The zero-order chi connectivity index (χ0) is 24.4. The van der Waals surface area contributed by atoms with Crippen LogP contribution < -0.4 is 5.32 Å². The Balaban J connectivity index is 1.81. The Kier molecular flexibility index (Phi) is 6.29. The summed E-state index contributed by atoms with van der Waals surface area (Å²) >= 11 is 0. The van der Waals surface area contributed by atoms with Gasteiger partial charge < -0.3 is 10.4 Å². The highest BCUT2D eigenvalue weighted by Crippen LogP contribution is 2.35. The number of anilines is 1. The quantitative estimate of drug-likeness (QED) is 0.344. The smallest absolute Gasteiger partial charge is 0.325 e. The number of hydrogen-bond donors (Lipinski definition) is 2. The van der Waals surface area contributed by atoms with Gasteiger partial charge in [0, 0.05) is 10.9 Å². The number of nitriles is 1. The number of pyridine rings is 1. The number of carboxylic acids is 1. The van der Waals surface area contributed by atoms with Crippen molar-refractivity contribution >= 4 is 22.6 Å². The third-order valence-corrected chi connectivity index (χ3v) is 5.86. The molecule has 0 aliphatic rings. The molecule has 0 bridgehead atoms. The van der Waals surface area contributed by atoms with Crippen LogP contribution in [0.1, 0.15) is 37.8 Å². The summed E-state index contributed by atoms with van der Waals surface area (Å²) in [5.74, 6) is -1.12. The Hall–Kier alpha value is -4.24. The molecule has 0 saturated heterocycles. The van der Waals surface area contributed by atoms with Gasteiger partial charge in [-0.2, -0.15) is 5.26 Å². The number of carbonyl (C=O) groups is 1. The van der Waals surface area contributed by atoms with Crippen LogP contribution in [0.25, 0.3) is 33.3 Å². The first-order valence-electron chi connectivity index (χ1n) is 11.0. The maximum Gasteiger partial charge on any atom is 0.325 e. The van der Waals surface area contributed by atoms with Crippen molar-refractivity contribution in [2.75, 3.05) is 5.32 Å². The summed E-state index contributed by atoms with van der Waals surface area (Å²) in [5, 5.41) is 22.6. The van der Waals surface area contributed by atoms with Crippen LogP contribution in [0.4, 0.5) is 10.1 Å². The summed E-state index contributed by atoms with van der Waals surface area (Å²) < 4.78 is 14.0. The van der Waals surface area contributed by atoms with E-state index in [1.807, 2.05) is 24.3 Å². The number of halogens is 1. The van der Waals surface area contributed by atoms with Crippen molar-refractivity contribution in [1.82, 2.24) is 4.98 Å². The predicted molar refractivity (Wildman–Crippen MR) is 132 cm³/mol. The van der Waals surface area contributed by atoms with Crippen LogP contribution in [0.15, 0.2) is 66.7 Å². The van der Waals surface area contributed by atoms with Crippen LogP contribution in [0.5, 0.6) is 0 Å². The third-order valence-electron chi connectivity index (χ3n) is 5.86. The summed E-state index contributed by atoms with van der Waals surface area (Å²) in [6.45, 7) is 5.78. The molecular formula is C28H24FN3O2. The Morgan fingerprint density at radius 2 is 1.56 bits per heavy atom. The van der Waals surface area contributed by atoms with E-state index < -0.39 is 17.8 Å².